The highest BCUT2D eigenvalue weighted by molar-refractivity contribution is 9.10. The third kappa shape index (κ3) is 3.96. The van der Waals surface area contributed by atoms with Gasteiger partial charge in [0.2, 0.25) is 11.8 Å². The molecule has 1 heterocycles. The van der Waals surface area contributed by atoms with Gasteiger partial charge in [0, 0.05) is 34.4 Å². The van der Waals surface area contributed by atoms with Gasteiger partial charge in [-0.2, -0.15) is 0 Å². The van der Waals surface area contributed by atoms with E-state index in [1.54, 1.807) is 29.2 Å². The van der Waals surface area contributed by atoms with Crippen LogP contribution < -0.4 is 10.2 Å². The number of benzene rings is 2. The van der Waals surface area contributed by atoms with Gasteiger partial charge in [-0.3, -0.25) is 14.4 Å². The van der Waals surface area contributed by atoms with Crippen molar-refractivity contribution in [2.75, 3.05) is 16.8 Å². The summed E-state index contributed by atoms with van der Waals surface area (Å²) in [6.45, 7) is 1.82. The van der Waals surface area contributed by atoms with Crippen LogP contribution in [0.5, 0.6) is 0 Å². The SMILES string of the molecule is CC(=O)c1cccc(NC(=O)[C@H]2CC(=O)N(c3ccc(Br)cc3)C2)c1. The molecule has 25 heavy (non-hydrogen) atoms. The lowest BCUT2D eigenvalue weighted by molar-refractivity contribution is -0.122. The van der Waals surface area contributed by atoms with E-state index >= 15 is 0 Å². The van der Waals surface area contributed by atoms with Crippen molar-refractivity contribution in [3.05, 3.63) is 58.6 Å². The highest BCUT2D eigenvalue weighted by atomic mass is 79.9. The summed E-state index contributed by atoms with van der Waals surface area (Å²) in [5.41, 5.74) is 1.88. The summed E-state index contributed by atoms with van der Waals surface area (Å²) in [6, 6.07) is 14.2. The van der Waals surface area contributed by atoms with Gasteiger partial charge in [0.15, 0.2) is 5.78 Å². The molecule has 0 bridgehead atoms. The van der Waals surface area contributed by atoms with Crippen molar-refractivity contribution in [1.82, 2.24) is 0 Å². The van der Waals surface area contributed by atoms with Gasteiger partial charge in [-0.05, 0) is 43.3 Å². The van der Waals surface area contributed by atoms with Crippen LogP contribution in [0.3, 0.4) is 0 Å². The molecule has 1 fully saturated rings. The summed E-state index contributed by atoms with van der Waals surface area (Å²) < 4.78 is 0.933. The molecule has 3 rings (SSSR count). The minimum absolute atomic E-state index is 0.0615. The number of carbonyl (C=O) groups is 3. The van der Waals surface area contributed by atoms with E-state index in [9.17, 15) is 14.4 Å². The summed E-state index contributed by atoms with van der Waals surface area (Å²) >= 11 is 3.37. The highest BCUT2D eigenvalue weighted by Crippen LogP contribution is 2.27. The number of nitrogens with zero attached hydrogens (tertiary/aromatic N) is 1. The second-order valence-corrected chi connectivity index (χ2v) is 6.92. The first-order valence-corrected chi connectivity index (χ1v) is 8.71. The number of ketones is 1. The van der Waals surface area contributed by atoms with Crippen LogP contribution in [0.2, 0.25) is 0 Å². The lowest BCUT2D eigenvalue weighted by Gasteiger charge is -2.17. The van der Waals surface area contributed by atoms with Crippen molar-refractivity contribution in [2.24, 2.45) is 5.92 Å². The molecule has 1 saturated heterocycles. The predicted molar refractivity (Wildman–Crippen MR) is 99.7 cm³/mol. The molecule has 128 valence electrons. The van der Waals surface area contributed by atoms with Crippen molar-refractivity contribution in [3.8, 4) is 0 Å². The Kier molecular flexibility index (Phi) is 4.99. The Morgan fingerprint density at radius 2 is 1.88 bits per heavy atom. The van der Waals surface area contributed by atoms with Crippen LogP contribution in [0.15, 0.2) is 53.0 Å². The average Bonchev–Trinajstić information content (AvgIpc) is 2.98. The van der Waals surface area contributed by atoms with Crippen molar-refractivity contribution in [2.45, 2.75) is 13.3 Å². The first-order valence-electron chi connectivity index (χ1n) is 7.92. The van der Waals surface area contributed by atoms with Gasteiger partial charge in [-0.15, -0.1) is 0 Å². The maximum atomic E-state index is 12.5. The molecule has 1 N–H and O–H groups in total. The van der Waals surface area contributed by atoms with E-state index in [1.807, 2.05) is 24.3 Å². The number of nitrogens with one attached hydrogen (secondary N) is 1. The summed E-state index contributed by atoms with van der Waals surface area (Å²) in [4.78, 5) is 37.8. The van der Waals surface area contributed by atoms with Gasteiger partial charge in [-0.1, -0.05) is 28.1 Å². The van der Waals surface area contributed by atoms with Crippen LogP contribution in [0.4, 0.5) is 11.4 Å². The molecule has 0 saturated carbocycles. The van der Waals surface area contributed by atoms with E-state index in [0.717, 1.165) is 10.2 Å². The number of amides is 2. The number of halogens is 1. The van der Waals surface area contributed by atoms with Gasteiger partial charge in [0.05, 0.1) is 5.92 Å². The smallest absolute Gasteiger partial charge is 0.229 e. The van der Waals surface area contributed by atoms with E-state index in [1.165, 1.54) is 6.92 Å². The largest absolute Gasteiger partial charge is 0.326 e. The maximum absolute atomic E-state index is 12.5. The van der Waals surface area contributed by atoms with E-state index in [0.29, 0.717) is 17.8 Å². The molecule has 0 spiro atoms. The van der Waals surface area contributed by atoms with Crippen molar-refractivity contribution >= 4 is 44.9 Å². The topological polar surface area (TPSA) is 66.5 Å². The van der Waals surface area contributed by atoms with Crippen LogP contribution >= 0.6 is 15.9 Å². The number of hydrogen-bond donors (Lipinski definition) is 1. The monoisotopic (exact) mass is 400 g/mol. The molecule has 0 aliphatic carbocycles. The number of rotatable bonds is 4. The molecule has 2 aromatic carbocycles. The molecule has 2 aromatic rings. The van der Waals surface area contributed by atoms with Crippen LogP contribution in [0.25, 0.3) is 0 Å². The molecule has 1 atom stereocenters. The molecule has 5 nitrogen and oxygen atoms in total. The van der Waals surface area contributed by atoms with Crippen LogP contribution in [-0.4, -0.2) is 24.1 Å². The zero-order valence-electron chi connectivity index (χ0n) is 13.7. The standard InChI is InChI=1S/C19H17BrN2O3/c1-12(23)13-3-2-4-16(9-13)21-19(25)14-10-18(24)22(11-14)17-7-5-15(20)6-8-17/h2-9,14H,10-11H2,1H3,(H,21,25)/t14-/m0/s1. The summed E-state index contributed by atoms with van der Waals surface area (Å²) in [5, 5.41) is 2.80. The summed E-state index contributed by atoms with van der Waals surface area (Å²) in [6.07, 6.45) is 0.175. The molecule has 0 aromatic heterocycles. The lowest BCUT2D eigenvalue weighted by Crippen LogP contribution is -2.28. The van der Waals surface area contributed by atoms with Gasteiger partial charge >= 0.3 is 0 Å². The third-order valence-corrected chi connectivity index (χ3v) is 4.70. The van der Waals surface area contributed by atoms with Crippen LogP contribution in [-0.2, 0) is 9.59 Å². The Morgan fingerprint density at radius 1 is 1.16 bits per heavy atom. The van der Waals surface area contributed by atoms with Crippen molar-refractivity contribution in [3.63, 3.8) is 0 Å². The first kappa shape index (κ1) is 17.4. The molecule has 1 aliphatic heterocycles. The molecule has 0 radical (unpaired) electrons. The normalized spacial score (nSPS) is 16.8. The minimum atomic E-state index is -0.419. The first-order chi connectivity index (χ1) is 11.9. The Bertz CT molecular complexity index is 833. The number of hydrogen-bond acceptors (Lipinski definition) is 3. The number of carbonyl (C=O) groups excluding carboxylic acids is 3. The quantitative estimate of drug-likeness (QED) is 0.796. The van der Waals surface area contributed by atoms with Gasteiger partial charge in [0.1, 0.15) is 0 Å². The predicted octanol–water partition coefficient (Wildman–Crippen LogP) is 3.64. The molecule has 0 unspecified atom stereocenters. The zero-order valence-corrected chi connectivity index (χ0v) is 15.2. The average molecular weight is 401 g/mol. The summed E-state index contributed by atoms with van der Waals surface area (Å²) in [7, 11) is 0. The second-order valence-electron chi connectivity index (χ2n) is 6.01. The fraction of sp³-hybridized carbons (Fsp3) is 0.211. The molecule has 2 amide bonds. The van der Waals surface area contributed by atoms with Crippen LogP contribution in [0, 0.1) is 5.92 Å². The van der Waals surface area contributed by atoms with E-state index in [4.69, 9.17) is 0 Å². The third-order valence-electron chi connectivity index (χ3n) is 4.17. The number of anilines is 2. The Balaban J connectivity index is 1.69. The highest BCUT2D eigenvalue weighted by Gasteiger charge is 2.35. The minimum Gasteiger partial charge on any atom is -0.326 e. The Hall–Kier alpha value is -2.47. The number of Topliss-reactive ketones (excluding diaryl/α,β-unsaturated/α-hetero) is 1. The fourth-order valence-electron chi connectivity index (χ4n) is 2.81. The van der Waals surface area contributed by atoms with Gasteiger partial charge in [0.25, 0.3) is 0 Å². The molecule has 1 aliphatic rings. The second kappa shape index (κ2) is 7.19. The van der Waals surface area contributed by atoms with Crippen molar-refractivity contribution < 1.29 is 14.4 Å². The van der Waals surface area contributed by atoms with Gasteiger partial charge in [-0.25, -0.2) is 0 Å². The maximum Gasteiger partial charge on any atom is 0.229 e. The van der Waals surface area contributed by atoms with E-state index in [-0.39, 0.29) is 24.0 Å². The van der Waals surface area contributed by atoms with Crippen LogP contribution in [0.1, 0.15) is 23.7 Å². The molecule has 6 heteroatoms. The van der Waals surface area contributed by atoms with Crippen molar-refractivity contribution in [1.29, 1.82) is 0 Å². The molecular formula is C19H17BrN2O3. The Labute approximate surface area is 154 Å². The molecular weight excluding hydrogens is 384 g/mol. The fourth-order valence-corrected chi connectivity index (χ4v) is 3.08. The van der Waals surface area contributed by atoms with E-state index < -0.39 is 5.92 Å². The van der Waals surface area contributed by atoms with E-state index in [2.05, 4.69) is 21.2 Å². The summed E-state index contributed by atoms with van der Waals surface area (Å²) in [5.74, 6) is -0.765. The Morgan fingerprint density at radius 3 is 2.56 bits per heavy atom. The lowest BCUT2D eigenvalue weighted by atomic mass is 10.1. The van der Waals surface area contributed by atoms with Gasteiger partial charge < -0.3 is 10.2 Å². The zero-order chi connectivity index (χ0) is 18.0.